The van der Waals surface area contributed by atoms with Gasteiger partial charge >= 0.3 is 18.3 Å². The molecule has 7 heterocycles. The van der Waals surface area contributed by atoms with E-state index >= 15 is 0 Å². The Bertz CT molecular complexity index is 1910. The van der Waals surface area contributed by atoms with Gasteiger partial charge in [-0.05, 0) is 137 Å². The van der Waals surface area contributed by atoms with E-state index in [-0.39, 0.29) is 47.2 Å². The zero-order valence-electron chi connectivity index (χ0n) is 41.1. The molecule has 4 saturated heterocycles. The second-order valence-corrected chi connectivity index (χ2v) is 21.1. The molecule has 0 bridgehead atoms. The molecular weight excluding hydrogens is 825 g/mol. The minimum Gasteiger partial charge on any atom is -0.444 e. The molecule has 0 spiro atoms. The SMILES string of the molecule is CC(C)(C)OC(=O)N1CC[C@]2(c3ccccn3)CO[C@@H]2C1.CC[C@@]1(c2ccccn2)CCN(C(=O)OC(C)(C)C)C[C@H]1C.CC[C@@]1(c2ccccn2)CCN(C(=O)OC(C)(C)C)C[C@H]1O. The van der Waals surface area contributed by atoms with Crippen molar-refractivity contribution in [1.82, 2.24) is 29.7 Å². The van der Waals surface area contributed by atoms with Crippen LogP contribution in [0.5, 0.6) is 0 Å². The molecule has 4 aliphatic heterocycles. The molecule has 65 heavy (non-hydrogen) atoms. The summed E-state index contributed by atoms with van der Waals surface area (Å²) in [6.45, 7) is 27.6. The van der Waals surface area contributed by atoms with Crippen LogP contribution in [0.2, 0.25) is 0 Å². The summed E-state index contributed by atoms with van der Waals surface area (Å²) in [7, 11) is 0. The van der Waals surface area contributed by atoms with Crippen molar-refractivity contribution in [3.05, 3.63) is 90.3 Å². The lowest BCUT2D eigenvalue weighted by Crippen LogP contribution is -2.65. The maximum absolute atomic E-state index is 12.3. The van der Waals surface area contributed by atoms with Gasteiger partial charge in [-0.2, -0.15) is 0 Å². The first-order valence-corrected chi connectivity index (χ1v) is 23.5. The average molecular weight is 901 g/mol. The lowest BCUT2D eigenvalue weighted by Gasteiger charge is -2.54. The number of fused-ring (bicyclic) bond motifs is 1. The molecule has 358 valence electrons. The van der Waals surface area contributed by atoms with E-state index in [1.807, 2.05) is 122 Å². The van der Waals surface area contributed by atoms with Crippen LogP contribution >= 0.6 is 0 Å². The highest BCUT2D eigenvalue weighted by Gasteiger charge is 2.54. The van der Waals surface area contributed by atoms with Crippen LogP contribution in [0.4, 0.5) is 14.4 Å². The number of piperidine rings is 3. The molecule has 4 aliphatic rings. The second kappa shape index (κ2) is 20.8. The monoisotopic (exact) mass is 901 g/mol. The first-order valence-electron chi connectivity index (χ1n) is 23.5. The Balaban J connectivity index is 0.000000183. The number of aliphatic hydroxyl groups excluding tert-OH is 1. The van der Waals surface area contributed by atoms with Crippen molar-refractivity contribution in [1.29, 1.82) is 0 Å². The Hall–Kier alpha value is -4.82. The minimum atomic E-state index is -0.645. The summed E-state index contributed by atoms with van der Waals surface area (Å²) in [5, 5.41) is 10.7. The summed E-state index contributed by atoms with van der Waals surface area (Å²) in [4.78, 5) is 55.3. The lowest BCUT2D eigenvalue weighted by molar-refractivity contribution is -0.172. The van der Waals surface area contributed by atoms with Crippen molar-refractivity contribution in [3.63, 3.8) is 0 Å². The van der Waals surface area contributed by atoms with Gasteiger partial charge < -0.3 is 38.8 Å². The standard InChI is InChI=1S/C18H28N2O2.C17H26N2O3.C16H22N2O3/c1-6-18(15-9-7-8-11-19-15)10-12-20(13-14(18)2)16(21)22-17(3,4)5;1-5-17(13-8-6-7-10-18-13)9-11-19(12-14(17)20)15(21)22-16(2,3)4;1-15(2,3)21-14(19)18-9-7-16(11-20-13(16)10-18)12-6-4-5-8-17-12/h7-9,11,14H,6,10,12-13H2,1-5H3;6-8,10,14,20H,5,9,11-12H2,1-4H3;4-6,8,13H,7,9-11H2,1-3H3/t14-,18-;14-,17+;13-,16-/m111/s1. The minimum absolute atomic E-state index is 0.0219. The van der Waals surface area contributed by atoms with E-state index < -0.39 is 22.9 Å². The zero-order valence-corrected chi connectivity index (χ0v) is 41.1. The number of hydrogen-bond donors (Lipinski definition) is 1. The molecule has 6 atom stereocenters. The third-order valence-corrected chi connectivity index (χ3v) is 13.2. The van der Waals surface area contributed by atoms with E-state index in [2.05, 4.69) is 47.9 Å². The number of aromatic nitrogens is 3. The Morgan fingerprint density at radius 1 is 0.615 bits per heavy atom. The van der Waals surface area contributed by atoms with Gasteiger partial charge in [-0.1, -0.05) is 39.0 Å². The Morgan fingerprint density at radius 3 is 1.37 bits per heavy atom. The third kappa shape index (κ3) is 12.5. The van der Waals surface area contributed by atoms with Crippen LogP contribution in [0.15, 0.2) is 73.2 Å². The number of nitrogens with zero attached hydrogens (tertiary/aromatic N) is 6. The molecule has 0 unspecified atom stereocenters. The number of ether oxygens (including phenoxy) is 4. The maximum atomic E-state index is 12.3. The van der Waals surface area contributed by atoms with Crippen molar-refractivity contribution in [3.8, 4) is 0 Å². The highest BCUT2D eigenvalue weighted by molar-refractivity contribution is 5.69. The zero-order chi connectivity index (χ0) is 47.8. The number of β-amino-alcohol motifs (C(OH)–C–C–N with tert-alkyl or cyclic N) is 1. The predicted octanol–water partition coefficient (Wildman–Crippen LogP) is 9.10. The van der Waals surface area contributed by atoms with Gasteiger partial charge in [-0.25, -0.2) is 14.4 Å². The van der Waals surface area contributed by atoms with E-state index in [1.165, 1.54) is 0 Å². The van der Waals surface area contributed by atoms with Crippen LogP contribution < -0.4 is 0 Å². The molecule has 0 saturated carbocycles. The molecule has 7 rings (SSSR count). The van der Waals surface area contributed by atoms with Gasteiger partial charge in [0.25, 0.3) is 0 Å². The van der Waals surface area contributed by atoms with E-state index in [9.17, 15) is 19.5 Å². The predicted molar refractivity (Wildman–Crippen MR) is 251 cm³/mol. The van der Waals surface area contributed by atoms with E-state index in [0.29, 0.717) is 38.6 Å². The summed E-state index contributed by atoms with van der Waals surface area (Å²) < 4.78 is 22.1. The number of carbonyl (C=O) groups is 3. The Morgan fingerprint density at radius 2 is 1.02 bits per heavy atom. The van der Waals surface area contributed by atoms with Gasteiger partial charge in [0, 0.05) is 67.0 Å². The normalized spacial score (nSPS) is 26.7. The fraction of sp³-hybridized carbons (Fsp3) is 0.647. The van der Waals surface area contributed by atoms with Gasteiger partial charge in [-0.3, -0.25) is 15.0 Å². The van der Waals surface area contributed by atoms with Crippen molar-refractivity contribution in [2.24, 2.45) is 5.92 Å². The number of amides is 3. The molecule has 14 heteroatoms. The molecule has 3 amide bonds. The molecule has 0 aromatic carbocycles. The molecule has 1 N–H and O–H groups in total. The number of likely N-dealkylation sites (tertiary alicyclic amines) is 3. The highest BCUT2D eigenvalue weighted by atomic mass is 16.6. The maximum Gasteiger partial charge on any atom is 0.410 e. The average Bonchev–Trinajstić information content (AvgIpc) is 3.24. The van der Waals surface area contributed by atoms with Crippen LogP contribution in [0.3, 0.4) is 0 Å². The Labute approximate surface area is 387 Å². The fourth-order valence-corrected chi connectivity index (χ4v) is 9.44. The number of aliphatic hydroxyl groups is 1. The number of carbonyl (C=O) groups excluding carboxylic acids is 3. The smallest absolute Gasteiger partial charge is 0.410 e. The first kappa shape index (κ1) is 51.2. The molecule has 14 nitrogen and oxygen atoms in total. The fourth-order valence-electron chi connectivity index (χ4n) is 9.44. The summed E-state index contributed by atoms with van der Waals surface area (Å²) in [6, 6.07) is 17.9. The van der Waals surface area contributed by atoms with Crippen LogP contribution in [-0.4, -0.2) is 128 Å². The van der Waals surface area contributed by atoms with Gasteiger partial charge in [-0.15, -0.1) is 0 Å². The number of rotatable bonds is 5. The molecular formula is C51H76N6O8. The molecule has 3 aromatic heterocycles. The lowest BCUT2D eigenvalue weighted by atomic mass is 9.67. The molecule has 4 fully saturated rings. The second-order valence-electron chi connectivity index (χ2n) is 21.1. The quantitative estimate of drug-likeness (QED) is 0.244. The Kier molecular flexibility index (Phi) is 16.4. The highest BCUT2D eigenvalue weighted by Crippen LogP contribution is 2.45. The van der Waals surface area contributed by atoms with Gasteiger partial charge in [0.2, 0.25) is 0 Å². The van der Waals surface area contributed by atoms with Gasteiger partial charge in [0.05, 0.1) is 43.0 Å². The van der Waals surface area contributed by atoms with Crippen LogP contribution in [0.25, 0.3) is 0 Å². The van der Waals surface area contributed by atoms with E-state index in [0.717, 1.165) is 55.9 Å². The van der Waals surface area contributed by atoms with E-state index in [1.54, 1.807) is 16.0 Å². The number of hydrogen-bond acceptors (Lipinski definition) is 11. The van der Waals surface area contributed by atoms with Crippen molar-refractivity contribution in [2.45, 2.75) is 160 Å². The summed E-state index contributed by atoms with van der Waals surface area (Å²) >= 11 is 0. The largest absolute Gasteiger partial charge is 0.444 e. The van der Waals surface area contributed by atoms with Crippen molar-refractivity contribution >= 4 is 18.3 Å². The summed E-state index contributed by atoms with van der Waals surface area (Å²) in [5.41, 5.74) is 1.32. The van der Waals surface area contributed by atoms with Crippen LogP contribution in [-0.2, 0) is 35.2 Å². The topological polar surface area (TPSA) is 157 Å². The van der Waals surface area contributed by atoms with Crippen molar-refractivity contribution < 1.29 is 38.4 Å². The summed E-state index contributed by atoms with van der Waals surface area (Å²) in [5.74, 6) is 0.355. The van der Waals surface area contributed by atoms with Gasteiger partial charge in [0.1, 0.15) is 16.8 Å². The van der Waals surface area contributed by atoms with Gasteiger partial charge in [0.15, 0.2) is 0 Å². The summed E-state index contributed by atoms with van der Waals surface area (Å²) in [6.07, 6.45) is 8.28. The van der Waals surface area contributed by atoms with E-state index in [4.69, 9.17) is 18.9 Å². The molecule has 0 aliphatic carbocycles. The van der Waals surface area contributed by atoms with Crippen LogP contribution in [0.1, 0.15) is 132 Å². The molecule has 0 radical (unpaired) electrons. The van der Waals surface area contributed by atoms with Crippen LogP contribution in [0, 0.1) is 5.92 Å². The van der Waals surface area contributed by atoms with Crippen molar-refractivity contribution in [2.75, 3.05) is 45.9 Å². The molecule has 3 aromatic rings. The first-order chi connectivity index (χ1) is 30.5. The third-order valence-electron chi connectivity index (χ3n) is 13.2. The number of pyridine rings is 3.